The highest BCUT2D eigenvalue weighted by Crippen LogP contribution is 2.27. The molecule has 0 aliphatic carbocycles. The zero-order chi connectivity index (χ0) is 20.0. The Morgan fingerprint density at radius 2 is 1.85 bits per heavy atom. The van der Waals surface area contributed by atoms with Gasteiger partial charge in [0.05, 0.1) is 18.5 Å². The summed E-state index contributed by atoms with van der Waals surface area (Å²) in [6.07, 6.45) is -0.0196. The van der Waals surface area contributed by atoms with Crippen molar-refractivity contribution in [2.75, 3.05) is 19.0 Å². The van der Waals surface area contributed by atoms with E-state index in [1.807, 2.05) is 0 Å². The average molecular weight is 372 g/mol. The first-order valence-electron chi connectivity index (χ1n) is 8.14. The van der Waals surface area contributed by atoms with Gasteiger partial charge in [0.2, 0.25) is 0 Å². The molecule has 2 aromatic carbocycles. The molecule has 0 atom stereocenters. The topological polar surface area (TPSA) is 108 Å². The normalized spacial score (nSPS) is 10.2. The number of methoxy groups -OCH3 is 1. The third-order valence-corrected chi connectivity index (χ3v) is 3.93. The van der Waals surface area contributed by atoms with Gasteiger partial charge in [-0.15, -0.1) is 0 Å². The molecular weight excluding hydrogens is 352 g/mol. The first-order chi connectivity index (χ1) is 12.8. The number of aryl methyl sites for hydroxylation is 2. The molecule has 0 saturated heterocycles. The van der Waals surface area contributed by atoms with Crippen LogP contribution in [0.1, 0.15) is 16.7 Å². The summed E-state index contributed by atoms with van der Waals surface area (Å²) in [5.41, 5.74) is 2.07. The van der Waals surface area contributed by atoms with Gasteiger partial charge in [0.1, 0.15) is 11.4 Å². The Bertz CT molecular complexity index is 878. The van der Waals surface area contributed by atoms with E-state index in [0.29, 0.717) is 11.3 Å². The highest BCUT2D eigenvalue weighted by molar-refractivity contribution is 5.95. The number of amides is 1. The van der Waals surface area contributed by atoms with E-state index in [2.05, 4.69) is 5.32 Å². The third-order valence-electron chi connectivity index (χ3n) is 3.93. The first kappa shape index (κ1) is 19.9. The molecule has 0 aliphatic rings. The Hall–Kier alpha value is -3.42. The molecule has 2 aromatic rings. The SMILES string of the molecule is COc1cccc(CC(=O)OCC(=O)Nc2cc(C)c(C)cc2[N+](=O)[O-])c1. The maximum atomic E-state index is 12.0. The lowest BCUT2D eigenvalue weighted by Crippen LogP contribution is -2.22. The summed E-state index contributed by atoms with van der Waals surface area (Å²) in [5, 5.41) is 13.6. The predicted octanol–water partition coefficient (Wildman–Crippen LogP) is 2.94. The van der Waals surface area contributed by atoms with Gasteiger partial charge in [0.15, 0.2) is 6.61 Å². The van der Waals surface area contributed by atoms with E-state index in [1.165, 1.54) is 19.2 Å². The molecule has 0 heterocycles. The summed E-state index contributed by atoms with van der Waals surface area (Å²) in [6, 6.07) is 9.83. The zero-order valence-electron chi connectivity index (χ0n) is 15.3. The second kappa shape index (κ2) is 8.79. The molecule has 0 unspecified atom stereocenters. The van der Waals surface area contributed by atoms with Gasteiger partial charge in [-0.25, -0.2) is 0 Å². The number of esters is 1. The van der Waals surface area contributed by atoms with Gasteiger partial charge in [0.25, 0.3) is 11.6 Å². The van der Waals surface area contributed by atoms with Crippen LogP contribution in [0.4, 0.5) is 11.4 Å². The monoisotopic (exact) mass is 372 g/mol. The molecule has 1 N–H and O–H groups in total. The third kappa shape index (κ3) is 5.53. The van der Waals surface area contributed by atoms with Crippen molar-refractivity contribution in [3.63, 3.8) is 0 Å². The fourth-order valence-corrected chi connectivity index (χ4v) is 2.38. The number of hydrogen-bond acceptors (Lipinski definition) is 6. The standard InChI is InChI=1S/C19H20N2O6/c1-12-7-16(17(21(24)25)8-13(12)2)20-18(22)11-27-19(23)10-14-5-4-6-15(9-14)26-3/h4-9H,10-11H2,1-3H3,(H,20,22). The summed E-state index contributed by atoms with van der Waals surface area (Å²) >= 11 is 0. The van der Waals surface area contributed by atoms with Crippen LogP contribution in [0.5, 0.6) is 5.75 Å². The van der Waals surface area contributed by atoms with Gasteiger partial charge in [-0.3, -0.25) is 19.7 Å². The van der Waals surface area contributed by atoms with Crippen LogP contribution in [0.3, 0.4) is 0 Å². The highest BCUT2D eigenvalue weighted by Gasteiger charge is 2.18. The number of nitrogens with zero attached hydrogens (tertiary/aromatic N) is 1. The smallest absolute Gasteiger partial charge is 0.310 e. The van der Waals surface area contributed by atoms with Crippen molar-refractivity contribution in [3.8, 4) is 5.75 Å². The molecule has 142 valence electrons. The van der Waals surface area contributed by atoms with E-state index in [0.717, 1.165) is 11.1 Å². The number of carbonyl (C=O) groups is 2. The first-order valence-corrected chi connectivity index (χ1v) is 8.14. The molecular formula is C19H20N2O6. The van der Waals surface area contributed by atoms with Crippen molar-refractivity contribution in [1.29, 1.82) is 0 Å². The molecule has 2 rings (SSSR count). The molecule has 0 aliphatic heterocycles. The lowest BCUT2D eigenvalue weighted by Gasteiger charge is -2.09. The van der Waals surface area contributed by atoms with Crippen LogP contribution in [0, 0.1) is 24.0 Å². The molecule has 8 heteroatoms. The number of anilines is 1. The second-order valence-electron chi connectivity index (χ2n) is 5.95. The Kier molecular flexibility index (Phi) is 6.48. The van der Waals surface area contributed by atoms with Crippen LogP contribution < -0.4 is 10.1 Å². The van der Waals surface area contributed by atoms with E-state index in [4.69, 9.17) is 9.47 Å². The van der Waals surface area contributed by atoms with Crippen LogP contribution in [0.25, 0.3) is 0 Å². The maximum absolute atomic E-state index is 12.0. The van der Waals surface area contributed by atoms with Gasteiger partial charge in [-0.2, -0.15) is 0 Å². The summed E-state index contributed by atoms with van der Waals surface area (Å²) in [6.45, 7) is 2.99. The van der Waals surface area contributed by atoms with E-state index in [9.17, 15) is 19.7 Å². The lowest BCUT2D eigenvalue weighted by molar-refractivity contribution is -0.384. The Balaban J connectivity index is 1.95. The number of rotatable bonds is 7. The summed E-state index contributed by atoms with van der Waals surface area (Å²) in [7, 11) is 1.52. The number of nitrogens with one attached hydrogen (secondary N) is 1. The van der Waals surface area contributed by atoms with Gasteiger partial charge in [-0.05, 0) is 48.7 Å². The van der Waals surface area contributed by atoms with Crippen molar-refractivity contribution in [2.24, 2.45) is 0 Å². The second-order valence-corrected chi connectivity index (χ2v) is 5.95. The molecule has 0 aromatic heterocycles. The largest absolute Gasteiger partial charge is 0.497 e. The number of ether oxygens (including phenoxy) is 2. The van der Waals surface area contributed by atoms with Gasteiger partial charge < -0.3 is 14.8 Å². The number of nitro groups is 1. The van der Waals surface area contributed by atoms with E-state index in [-0.39, 0.29) is 17.8 Å². The molecule has 1 amide bonds. The predicted molar refractivity (Wildman–Crippen MR) is 98.9 cm³/mol. The summed E-state index contributed by atoms with van der Waals surface area (Å²) in [4.78, 5) is 34.5. The van der Waals surface area contributed by atoms with Crippen molar-refractivity contribution in [2.45, 2.75) is 20.3 Å². The van der Waals surface area contributed by atoms with Gasteiger partial charge in [0, 0.05) is 6.07 Å². The van der Waals surface area contributed by atoms with Crippen LogP contribution in [-0.4, -0.2) is 30.5 Å². The fraction of sp³-hybridized carbons (Fsp3) is 0.263. The average Bonchev–Trinajstić information content (AvgIpc) is 2.62. The molecule has 8 nitrogen and oxygen atoms in total. The minimum absolute atomic E-state index is 0.0196. The van der Waals surface area contributed by atoms with Crippen LogP contribution in [0.15, 0.2) is 36.4 Å². The summed E-state index contributed by atoms with van der Waals surface area (Å²) < 4.78 is 10.0. The molecule has 0 fully saturated rings. The van der Waals surface area contributed by atoms with E-state index < -0.39 is 23.4 Å². The number of hydrogen-bond donors (Lipinski definition) is 1. The van der Waals surface area contributed by atoms with E-state index in [1.54, 1.807) is 38.1 Å². The Morgan fingerprint density at radius 3 is 2.52 bits per heavy atom. The van der Waals surface area contributed by atoms with Crippen molar-refractivity contribution in [1.82, 2.24) is 0 Å². The van der Waals surface area contributed by atoms with Crippen LogP contribution in [0.2, 0.25) is 0 Å². The van der Waals surface area contributed by atoms with Crippen molar-refractivity contribution < 1.29 is 24.0 Å². The van der Waals surface area contributed by atoms with Crippen LogP contribution >= 0.6 is 0 Å². The fourth-order valence-electron chi connectivity index (χ4n) is 2.38. The molecule has 27 heavy (non-hydrogen) atoms. The van der Waals surface area contributed by atoms with E-state index >= 15 is 0 Å². The number of benzene rings is 2. The maximum Gasteiger partial charge on any atom is 0.310 e. The molecule has 0 saturated carbocycles. The minimum Gasteiger partial charge on any atom is -0.497 e. The molecule has 0 spiro atoms. The Labute approximate surface area is 156 Å². The van der Waals surface area contributed by atoms with Gasteiger partial charge in [-0.1, -0.05) is 12.1 Å². The van der Waals surface area contributed by atoms with Gasteiger partial charge >= 0.3 is 5.97 Å². The minimum atomic E-state index is -0.652. The number of carbonyl (C=O) groups excluding carboxylic acids is 2. The number of nitro benzene ring substituents is 1. The molecule has 0 radical (unpaired) electrons. The van der Waals surface area contributed by atoms with Crippen molar-refractivity contribution in [3.05, 3.63) is 63.2 Å². The Morgan fingerprint density at radius 1 is 1.15 bits per heavy atom. The van der Waals surface area contributed by atoms with Crippen LogP contribution in [-0.2, 0) is 20.7 Å². The zero-order valence-corrected chi connectivity index (χ0v) is 15.3. The summed E-state index contributed by atoms with van der Waals surface area (Å²) in [5.74, 6) is -0.631. The lowest BCUT2D eigenvalue weighted by atomic mass is 10.1. The molecule has 0 bridgehead atoms. The highest BCUT2D eigenvalue weighted by atomic mass is 16.6. The van der Waals surface area contributed by atoms with Crippen molar-refractivity contribution >= 4 is 23.3 Å². The quantitative estimate of drug-likeness (QED) is 0.455.